The molecule has 0 aliphatic carbocycles. The molecule has 4 nitrogen and oxygen atoms in total. The average molecular weight is 271 g/mol. The summed E-state index contributed by atoms with van der Waals surface area (Å²) >= 11 is 1.56. The topological polar surface area (TPSA) is 57.6 Å². The highest BCUT2D eigenvalue weighted by atomic mass is 32.2. The molecule has 1 amide bonds. The molecule has 1 aliphatic rings. The van der Waals surface area contributed by atoms with Crippen molar-refractivity contribution >= 4 is 23.6 Å². The van der Waals surface area contributed by atoms with Gasteiger partial charge in [0, 0.05) is 11.3 Å². The van der Waals surface area contributed by atoms with Gasteiger partial charge in [0.25, 0.3) is 5.91 Å². The van der Waals surface area contributed by atoms with Crippen LogP contribution in [0.2, 0.25) is 0 Å². The minimum Gasteiger partial charge on any atom is -0.480 e. The van der Waals surface area contributed by atoms with Crippen molar-refractivity contribution < 1.29 is 14.7 Å². The van der Waals surface area contributed by atoms with Gasteiger partial charge in [-0.25, -0.2) is 4.79 Å². The van der Waals surface area contributed by atoms with Crippen LogP contribution < -0.4 is 0 Å². The van der Waals surface area contributed by atoms with Gasteiger partial charge in [-0.15, -0.1) is 11.8 Å². The Kier molecular flexibility index (Phi) is 5.26. The van der Waals surface area contributed by atoms with E-state index in [1.807, 2.05) is 26.8 Å². The van der Waals surface area contributed by atoms with Crippen molar-refractivity contribution in [1.82, 2.24) is 4.90 Å². The predicted octanol–water partition coefficient (Wildman–Crippen LogP) is 2.35. The van der Waals surface area contributed by atoms with Crippen LogP contribution in [0.25, 0.3) is 0 Å². The molecular weight excluding hydrogens is 250 g/mol. The molecule has 0 aromatic rings. The van der Waals surface area contributed by atoms with Crippen LogP contribution in [0.3, 0.4) is 0 Å². The third-order valence-electron chi connectivity index (χ3n) is 2.97. The number of carbonyl (C=O) groups is 2. The van der Waals surface area contributed by atoms with Gasteiger partial charge >= 0.3 is 5.97 Å². The van der Waals surface area contributed by atoms with Crippen molar-refractivity contribution in [3.63, 3.8) is 0 Å². The largest absolute Gasteiger partial charge is 0.480 e. The summed E-state index contributed by atoms with van der Waals surface area (Å²) in [6.45, 7) is 7.75. The van der Waals surface area contributed by atoms with E-state index in [0.29, 0.717) is 11.3 Å². The first-order chi connectivity index (χ1) is 8.40. The summed E-state index contributed by atoms with van der Waals surface area (Å²) in [5.41, 5.74) is 0.636. The Morgan fingerprint density at radius 3 is 2.56 bits per heavy atom. The highest BCUT2D eigenvalue weighted by Crippen LogP contribution is 2.35. The van der Waals surface area contributed by atoms with Crippen molar-refractivity contribution in [2.75, 3.05) is 5.75 Å². The van der Waals surface area contributed by atoms with Gasteiger partial charge in [-0.05, 0) is 19.3 Å². The SMILES string of the molecule is CCC=C(C)C(=O)N1C(C(=O)O)CSC1C(C)C. The van der Waals surface area contributed by atoms with Gasteiger partial charge in [0.15, 0.2) is 0 Å². The average Bonchev–Trinajstić information content (AvgIpc) is 2.72. The zero-order valence-corrected chi connectivity index (χ0v) is 12.2. The number of carboxylic acid groups (broad SMARTS) is 1. The van der Waals surface area contributed by atoms with Gasteiger partial charge in [-0.2, -0.15) is 0 Å². The number of carboxylic acids is 1. The Hall–Kier alpha value is -0.970. The molecular formula is C13H21NO3S. The van der Waals surface area contributed by atoms with Gasteiger partial charge in [-0.1, -0.05) is 26.8 Å². The molecule has 0 aromatic carbocycles. The number of amides is 1. The maximum Gasteiger partial charge on any atom is 0.327 e. The Bertz CT molecular complexity index is 365. The lowest BCUT2D eigenvalue weighted by Gasteiger charge is -2.30. The van der Waals surface area contributed by atoms with E-state index in [-0.39, 0.29) is 17.2 Å². The fraction of sp³-hybridized carbons (Fsp3) is 0.692. The summed E-state index contributed by atoms with van der Waals surface area (Å²) in [5.74, 6) is -0.336. The number of rotatable bonds is 4. The number of hydrogen-bond acceptors (Lipinski definition) is 3. The smallest absolute Gasteiger partial charge is 0.327 e. The van der Waals surface area contributed by atoms with Gasteiger partial charge in [-0.3, -0.25) is 4.79 Å². The van der Waals surface area contributed by atoms with E-state index in [1.54, 1.807) is 23.6 Å². The Morgan fingerprint density at radius 2 is 2.11 bits per heavy atom. The first-order valence-corrected chi connectivity index (χ1v) is 7.28. The molecule has 1 heterocycles. The van der Waals surface area contributed by atoms with Gasteiger partial charge in [0.2, 0.25) is 0 Å². The van der Waals surface area contributed by atoms with E-state index < -0.39 is 12.0 Å². The van der Waals surface area contributed by atoms with Crippen molar-refractivity contribution in [2.24, 2.45) is 5.92 Å². The van der Waals surface area contributed by atoms with Crippen LogP contribution >= 0.6 is 11.8 Å². The van der Waals surface area contributed by atoms with Crippen LogP contribution in [-0.4, -0.2) is 39.1 Å². The molecule has 2 unspecified atom stereocenters. The van der Waals surface area contributed by atoms with Crippen LogP contribution in [0.5, 0.6) is 0 Å². The summed E-state index contributed by atoms with van der Waals surface area (Å²) in [7, 11) is 0. The second-order valence-electron chi connectivity index (χ2n) is 4.83. The monoisotopic (exact) mass is 271 g/mol. The zero-order chi connectivity index (χ0) is 13.9. The molecule has 0 radical (unpaired) electrons. The van der Waals surface area contributed by atoms with Gasteiger partial charge in [0.1, 0.15) is 6.04 Å². The minimum absolute atomic E-state index is 0.0428. The number of carbonyl (C=O) groups excluding carboxylic acids is 1. The van der Waals surface area contributed by atoms with Crippen molar-refractivity contribution in [1.29, 1.82) is 0 Å². The number of nitrogens with zero attached hydrogens (tertiary/aromatic N) is 1. The lowest BCUT2D eigenvalue weighted by atomic mass is 10.1. The molecule has 1 saturated heterocycles. The number of thioether (sulfide) groups is 1. The lowest BCUT2D eigenvalue weighted by Crippen LogP contribution is -2.47. The van der Waals surface area contributed by atoms with Gasteiger partial charge < -0.3 is 10.0 Å². The molecule has 102 valence electrons. The highest BCUT2D eigenvalue weighted by Gasteiger charge is 2.42. The maximum atomic E-state index is 12.3. The van der Waals surface area contributed by atoms with E-state index in [9.17, 15) is 14.7 Å². The summed E-state index contributed by atoms with van der Waals surface area (Å²) in [6, 6.07) is -0.699. The van der Waals surface area contributed by atoms with E-state index in [1.165, 1.54) is 0 Å². The van der Waals surface area contributed by atoms with Crippen LogP contribution in [0, 0.1) is 5.92 Å². The molecule has 1 fully saturated rings. The van der Waals surface area contributed by atoms with E-state index in [2.05, 4.69) is 0 Å². The van der Waals surface area contributed by atoms with Gasteiger partial charge in [0.05, 0.1) is 5.37 Å². The normalized spacial score (nSPS) is 24.7. The first-order valence-electron chi connectivity index (χ1n) is 6.24. The fourth-order valence-electron chi connectivity index (χ4n) is 2.09. The Labute approximate surface area is 112 Å². The zero-order valence-electron chi connectivity index (χ0n) is 11.3. The van der Waals surface area contributed by atoms with Crippen molar-refractivity contribution in [3.05, 3.63) is 11.6 Å². The van der Waals surface area contributed by atoms with Crippen LogP contribution in [0.1, 0.15) is 34.1 Å². The third kappa shape index (κ3) is 3.07. The molecule has 0 spiro atoms. The molecule has 18 heavy (non-hydrogen) atoms. The Morgan fingerprint density at radius 1 is 1.50 bits per heavy atom. The molecule has 1 rings (SSSR count). The van der Waals surface area contributed by atoms with E-state index >= 15 is 0 Å². The molecule has 0 aromatic heterocycles. The summed E-state index contributed by atoms with van der Waals surface area (Å²) in [5, 5.41) is 9.17. The summed E-state index contributed by atoms with van der Waals surface area (Å²) in [6.07, 6.45) is 2.63. The van der Waals surface area contributed by atoms with Crippen molar-refractivity contribution in [3.8, 4) is 0 Å². The molecule has 2 atom stereocenters. The van der Waals surface area contributed by atoms with Crippen molar-refractivity contribution in [2.45, 2.75) is 45.5 Å². The minimum atomic E-state index is -0.914. The number of hydrogen-bond donors (Lipinski definition) is 1. The summed E-state index contributed by atoms with van der Waals surface area (Å²) < 4.78 is 0. The fourth-order valence-corrected chi connectivity index (χ4v) is 3.56. The predicted molar refractivity (Wildman–Crippen MR) is 73.4 cm³/mol. The lowest BCUT2D eigenvalue weighted by molar-refractivity contribution is -0.148. The molecule has 1 N–H and O–H groups in total. The number of allylic oxidation sites excluding steroid dienone is 1. The van der Waals surface area contributed by atoms with E-state index in [4.69, 9.17) is 0 Å². The molecule has 1 aliphatic heterocycles. The quantitative estimate of drug-likeness (QED) is 0.797. The Balaban J connectivity index is 3.00. The second-order valence-corrected chi connectivity index (χ2v) is 5.98. The molecule has 0 bridgehead atoms. The number of aliphatic carboxylic acids is 1. The van der Waals surface area contributed by atoms with Crippen LogP contribution in [-0.2, 0) is 9.59 Å². The third-order valence-corrected chi connectivity index (χ3v) is 4.59. The first kappa shape index (κ1) is 15.1. The maximum absolute atomic E-state index is 12.3. The van der Waals surface area contributed by atoms with E-state index in [0.717, 1.165) is 6.42 Å². The van der Waals surface area contributed by atoms with Crippen LogP contribution in [0.15, 0.2) is 11.6 Å². The second kappa shape index (κ2) is 6.27. The summed E-state index contributed by atoms with van der Waals surface area (Å²) in [4.78, 5) is 25.1. The highest BCUT2D eigenvalue weighted by molar-refractivity contribution is 8.00. The molecule has 5 heteroatoms. The molecule has 0 saturated carbocycles. The van der Waals surface area contributed by atoms with Crippen LogP contribution in [0.4, 0.5) is 0 Å². The standard InChI is InChI=1S/C13H21NO3S/c1-5-6-9(4)11(15)14-10(13(16)17)7-18-12(14)8(2)3/h6,8,10,12H,5,7H2,1-4H3,(H,16,17).